The fraction of sp³-hybridized carbons (Fsp3) is 0.909. The second-order valence-corrected chi connectivity index (χ2v) is 4.92. The van der Waals surface area contributed by atoms with Gasteiger partial charge in [-0.3, -0.25) is 0 Å². The highest BCUT2D eigenvalue weighted by atomic mass is 16.6. The van der Waals surface area contributed by atoms with Crippen molar-refractivity contribution in [2.75, 3.05) is 6.54 Å². The average molecular weight is 197 g/mol. The summed E-state index contributed by atoms with van der Waals surface area (Å²) in [5.74, 6) is 1.21. The Hall–Kier alpha value is -0.730. The van der Waals surface area contributed by atoms with Gasteiger partial charge in [0.05, 0.1) is 0 Å². The van der Waals surface area contributed by atoms with E-state index in [1.165, 1.54) is 12.8 Å². The number of hydrogen-bond acceptors (Lipinski definition) is 2. The van der Waals surface area contributed by atoms with Crippen molar-refractivity contribution >= 4 is 6.09 Å². The summed E-state index contributed by atoms with van der Waals surface area (Å²) in [6.45, 7) is 5.24. The second kappa shape index (κ2) is 3.44. The highest BCUT2D eigenvalue weighted by Crippen LogP contribution is 2.42. The topological polar surface area (TPSA) is 38.3 Å². The van der Waals surface area contributed by atoms with Crippen LogP contribution in [0.3, 0.4) is 0 Å². The third-order valence-corrected chi connectivity index (χ3v) is 3.80. The molecule has 1 heterocycles. The first kappa shape index (κ1) is 9.81. The summed E-state index contributed by atoms with van der Waals surface area (Å²) in [6, 6.07) is 0. The summed E-state index contributed by atoms with van der Waals surface area (Å²) in [5.41, 5.74) is -0.153. The quantitative estimate of drug-likeness (QED) is 0.647. The molecule has 3 atom stereocenters. The van der Waals surface area contributed by atoms with Gasteiger partial charge in [0.25, 0.3) is 0 Å². The van der Waals surface area contributed by atoms with E-state index in [-0.39, 0.29) is 11.7 Å². The van der Waals surface area contributed by atoms with E-state index in [0.717, 1.165) is 19.4 Å². The molecule has 0 aromatic carbocycles. The number of rotatable bonds is 0. The minimum absolute atomic E-state index is 0.153. The van der Waals surface area contributed by atoms with Crippen molar-refractivity contribution in [3.8, 4) is 0 Å². The molecule has 1 aliphatic carbocycles. The van der Waals surface area contributed by atoms with Crippen molar-refractivity contribution < 1.29 is 9.53 Å². The van der Waals surface area contributed by atoms with E-state index >= 15 is 0 Å². The lowest BCUT2D eigenvalue weighted by Crippen LogP contribution is -2.53. The fourth-order valence-corrected chi connectivity index (χ4v) is 2.83. The van der Waals surface area contributed by atoms with E-state index in [2.05, 4.69) is 19.2 Å². The van der Waals surface area contributed by atoms with Gasteiger partial charge in [0.1, 0.15) is 5.60 Å². The number of amides is 1. The third-order valence-electron chi connectivity index (χ3n) is 3.80. The molecule has 2 fully saturated rings. The normalized spacial score (nSPS) is 43.1. The predicted molar refractivity (Wildman–Crippen MR) is 54.0 cm³/mol. The van der Waals surface area contributed by atoms with Gasteiger partial charge in [0.15, 0.2) is 0 Å². The van der Waals surface area contributed by atoms with E-state index in [1.54, 1.807) is 0 Å². The summed E-state index contributed by atoms with van der Waals surface area (Å²) in [7, 11) is 0. The van der Waals surface area contributed by atoms with Gasteiger partial charge < -0.3 is 10.1 Å². The molecule has 1 spiro atoms. The summed E-state index contributed by atoms with van der Waals surface area (Å²) in [5, 5.41) is 2.73. The molecule has 14 heavy (non-hydrogen) atoms. The summed E-state index contributed by atoms with van der Waals surface area (Å²) in [4.78, 5) is 11.3. The van der Waals surface area contributed by atoms with E-state index in [4.69, 9.17) is 4.74 Å². The maximum atomic E-state index is 11.3. The highest BCUT2D eigenvalue weighted by Gasteiger charge is 2.45. The molecule has 0 bridgehead atoms. The van der Waals surface area contributed by atoms with E-state index in [1.807, 2.05) is 0 Å². The van der Waals surface area contributed by atoms with Gasteiger partial charge in [-0.1, -0.05) is 20.3 Å². The van der Waals surface area contributed by atoms with Gasteiger partial charge in [-0.2, -0.15) is 0 Å². The van der Waals surface area contributed by atoms with Crippen LogP contribution in [0.25, 0.3) is 0 Å². The highest BCUT2D eigenvalue weighted by molar-refractivity contribution is 5.68. The Bertz CT molecular complexity index is 241. The Kier molecular flexibility index (Phi) is 2.41. The molecule has 2 aliphatic rings. The Morgan fingerprint density at radius 1 is 1.43 bits per heavy atom. The van der Waals surface area contributed by atoms with E-state index in [9.17, 15) is 4.79 Å². The number of ether oxygens (including phenoxy) is 1. The van der Waals surface area contributed by atoms with Gasteiger partial charge in [0.2, 0.25) is 0 Å². The van der Waals surface area contributed by atoms with Crippen LogP contribution >= 0.6 is 0 Å². The molecule has 0 radical (unpaired) electrons. The van der Waals surface area contributed by atoms with Gasteiger partial charge in [-0.15, -0.1) is 0 Å². The maximum absolute atomic E-state index is 11.3. The molecule has 1 saturated carbocycles. The average Bonchev–Trinajstić information content (AvgIpc) is 2.12. The van der Waals surface area contributed by atoms with Crippen molar-refractivity contribution in [3.63, 3.8) is 0 Å². The minimum Gasteiger partial charge on any atom is -0.443 e. The SMILES string of the molecule is CC1CCC(C)C2(CCNC(=O)O2)C1. The predicted octanol–water partition coefficient (Wildman–Crippen LogP) is 2.31. The molecule has 3 unspecified atom stereocenters. The van der Waals surface area contributed by atoms with Crippen LogP contribution in [0.4, 0.5) is 4.79 Å². The molecular weight excluding hydrogens is 178 g/mol. The Labute approximate surface area is 85.2 Å². The molecule has 80 valence electrons. The number of hydrogen-bond donors (Lipinski definition) is 1. The summed E-state index contributed by atoms with van der Waals surface area (Å²) < 4.78 is 5.55. The molecule has 0 aromatic heterocycles. The number of carbonyl (C=O) groups is 1. The second-order valence-electron chi connectivity index (χ2n) is 4.92. The van der Waals surface area contributed by atoms with Crippen LogP contribution in [-0.4, -0.2) is 18.2 Å². The van der Waals surface area contributed by atoms with Crippen molar-refractivity contribution in [2.45, 2.75) is 45.1 Å². The molecular formula is C11H19NO2. The van der Waals surface area contributed by atoms with Crippen molar-refractivity contribution in [1.82, 2.24) is 5.32 Å². The molecule has 0 aromatic rings. The number of nitrogens with one attached hydrogen (secondary N) is 1. The number of carbonyl (C=O) groups excluding carboxylic acids is 1. The Balaban J connectivity index is 2.14. The molecule has 1 amide bonds. The standard InChI is InChI=1S/C11H19NO2/c1-8-3-4-9(2)11(7-8)5-6-12-10(13)14-11/h8-9H,3-7H2,1-2H3,(H,12,13). The van der Waals surface area contributed by atoms with Gasteiger partial charge in [-0.05, 0) is 24.7 Å². The van der Waals surface area contributed by atoms with E-state index in [0.29, 0.717) is 11.8 Å². The molecule has 1 aliphatic heterocycles. The van der Waals surface area contributed by atoms with Crippen LogP contribution in [-0.2, 0) is 4.74 Å². The third kappa shape index (κ3) is 1.60. The molecule has 1 N–H and O–H groups in total. The van der Waals surface area contributed by atoms with Gasteiger partial charge >= 0.3 is 6.09 Å². The molecule has 3 heteroatoms. The van der Waals surface area contributed by atoms with Crippen LogP contribution in [0.5, 0.6) is 0 Å². The summed E-state index contributed by atoms with van der Waals surface area (Å²) in [6.07, 6.45) is 4.26. The van der Waals surface area contributed by atoms with Crippen molar-refractivity contribution in [1.29, 1.82) is 0 Å². The fourth-order valence-electron chi connectivity index (χ4n) is 2.83. The zero-order chi connectivity index (χ0) is 10.2. The monoisotopic (exact) mass is 197 g/mol. The molecule has 2 rings (SSSR count). The van der Waals surface area contributed by atoms with Crippen LogP contribution in [0.1, 0.15) is 39.5 Å². The summed E-state index contributed by atoms with van der Waals surface area (Å²) >= 11 is 0. The smallest absolute Gasteiger partial charge is 0.407 e. The molecule has 3 nitrogen and oxygen atoms in total. The van der Waals surface area contributed by atoms with Crippen LogP contribution < -0.4 is 5.32 Å². The first-order valence-electron chi connectivity index (χ1n) is 5.59. The Morgan fingerprint density at radius 2 is 2.21 bits per heavy atom. The van der Waals surface area contributed by atoms with Gasteiger partial charge in [-0.25, -0.2) is 4.79 Å². The minimum atomic E-state index is -0.225. The van der Waals surface area contributed by atoms with Crippen molar-refractivity contribution in [2.24, 2.45) is 11.8 Å². The molecule has 1 saturated heterocycles. The zero-order valence-electron chi connectivity index (χ0n) is 9.01. The van der Waals surface area contributed by atoms with Gasteiger partial charge in [0, 0.05) is 13.0 Å². The lowest BCUT2D eigenvalue weighted by Gasteiger charge is -2.46. The van der Waals surface area contributed by atoms with E-state index < -0.39 is 0 Å². The largest absolute Gasteiger partial charge is 0.443 e. The first-order valence-corrected chi connectivity index (χ1v) is 5.59. The zero-order valence-corrected chi connectivity index (χ0v) is 9.01. The van der Waals surface area contributed by atoms with Crippen LogP contribution in [0.2, 0.25) is 0 Å². The Morgan fingerprint density at radius 3 is 2.93 bits per heavy atom. The van der Waals surface area contributed by atoms with Crippen molar-refractivity contribution in [3.05, 3.63) is 0 Å². The van der Waals surface area contributed by atoms with Crippen LogP contribution in [0, 0.1) is 11.8 Å². The maximum Gasteiger partial charge on any atom is 0.407 e. The lowest BCUT2D eigenvalue weighted by atomic mass is 9.70. The first-order chi connectivity index (χ1) is 6.62. The number of alkyl carbamates (subject to hydrolysis) is 1. The van der Waals surface area contributed by atoms with Crippen LogP contribution in [0.15, 0.2) is 0 Å². The lowest BCUT2D eigenvalue weighted by molar-refractivity contribution is -0.0847.